The topological polar surface area (TPSA) is 0 Å². The maximum Gasteiger partial charge on any atom is 0.0587 e. The Labute approximate surface area is 54.2 Å². The van der Waals surface area contributed by atoms with Gasteiger partial charge < -0.3 is 0 Å². The molecule has 0 N–H and O–H groups in total. The minimum Gasteiger partial charge on any atom is -0.104 e. The first-order valence-corrected chi connectivity index (χ1v) is 6.24. The van der Waals surface area contributed by atoms with E-state index in [2.05, 4.69) is 26.6 Å². The summed E-state index contributed by atoms with van der Waals surface area (Å²) < 4.78 is 0. The SMILES string of the molecule is C=C(CCC)[SiH](C)C. The van der Waals surface area contributed by atoms with E-state index in [4.69, 9.17) is 0 Å². The second-order valence-corrected chi connectivity index (χ2v) is 5.69. The van der Waals surface area contributed by atoms with Crippen molar-refractivity contribution in [3.8, 4) is 0 Å². The number of rotatable bonds is 3. The molecular weight excluding hydrogens is 112 g/mol. The van der Waals surface area contributed by atoms with E-state index in [0.717, 1.165) is 0 Å². The molecule has 0 atom stereocenters. The van der Waals surface area contributed by atoms with Gasteiger partial charge in [-0.05, 0) is 6.42 Å². The zero-order chi connectivity index (χ0) is 6.57. The summed E-state index contributed by atoms with van der Waals surface area (Å²) in [6.07, 6.45) is 2.52. The third-order valence-corrected chi connectivity index (χ3v) is 3.31. The first-order chi connectivity index (χ1) is 3.68. The van der Waals surface area contributed by atoms with Crippen LogP contribution in [0.5, 0.6) is 0 Å². The molecule has 0 fully saturated rings. The normalized spacial score (nSPS) is 10.0. The Morgan fingerprint density at radius 1 is 1.50 bits per heavy atom. The van der Waals surface area contributed by atoms with Crippen LogP contribution >= 0.6 is 0 Å². The lowest BCUT2D eigenvalue weighted by Gasteiger charge is -2.03. The van der Waals surface area contributed by atoms with Crippen molar-refractivity contribution in [1.29, 1.82) is 0 Å². The average molecular weight is 128 g/mol. The van der Waals surface area contributed by atoms with Crippen LogP contribution < -0.4 is 0 Å². The molecule has 0 aliphatic heterocycles. The van der Waals surface area contributed by atoms with Crippen molar-refractivity contribution >= 4 is 8.80 Å². The van der Waals surface area contributed by atoms with Crippen LogP contribution in [0, 0.1) is 0 Å². The van der Waals surface area contributed by atoms with Gasteiger partial charge >= 0.3 is 0 Å². The molecule has 0 spiro atoms. The van der Waals surface area contributed by atoms with Crippen molar-refractivity contribution in [2.45, 2.75) is 32.9 Å². The monoisotopic (exact) mass is 128 g/mol. The van der Waals surface area contributed by atoms with Gasteiger partial charge in [-0.1, -0.05) is 31.6 Å². The lowest BCUT2D eigenvalue weighted by Crippen LogP contribution is -2.03. The van der Waals surface area contributed by atoms with E-state index < -0.39 is 8.80 Å². The molecule has 8 heavy (non-hydrogen) atoms. The van der Waals surface area contributed by atoms with Gasteiger partial charge in [-0.2, -0.15) is 0 Å². The predicted molar refractivity (Wildman–Crippen MR) is 42.9 cm³/mol. The maximum atomic E-state index is 4.01. The van der Waals surface area contributed by atoms with Gasteiger partial charge in [0.1, 0.15) is 0 Å². The molecule has 0 aliphatic carbocycles. The molecule has 0 aromatic carbocycles. The highest BCUT2D eigenvalue weighted by Gasteiger charge is 1.97. The highest BCUT2D eigenvalue weighted by atomic mass is 28.3. The molecule has 0 nitrogen and oxygen atoms in total. The third kappa shape index (κ3) is 3.02. The molecule has 48 valence electrons. The molecule has 1 heteroatoms. The molecule has 0 aromatic heterocycles. The van der Waals surface area contributed by atoms with E-state index in [1.807, 2.05) is 0 Å². The molecule has 0 saturated carbocycles. The summed E-state index contributed by atoms with van der Waals surface area (Å²) in [7, 11) is -0.477. The minimum absolute atomic E-state index is 0.477. The molecule has 0 aliphatic rings. The number of hydrogen-bond donors (Lipinski definition) is 0. The summed E-state index contributed by atoms with van der Waals surface area (Å²) in [6, 6.07) is 0. The maximum absolute atomic E-state index is 4.01. The minimum atomic E-state index is -0.477. The van der Waals surface area contributed by atoms with Crippen LogP contribution in [0.4, 0.5) is 0 Å². The molecule has 0 unspecified atom stereocenters. The fraction of sp³-hybridized carbons (Fsp3) is 0.714. The lowest BCUT2D eigenvalue weighted by atomic mass is 10.3. The highest BCUT2D eigenvalue weighted by Crippen LogP contribution is 2.04. The van der Waals surface area contributed by atoms with E-state index in [0.29, 0.717) is 0 Å². The first-order valence-electron chi connectivity index (χ1n) is 3.36. The Bertz CT molecular complexity index is 74.5. The van der Waals surface area contributed by atoms with Gasteiger partial charge in [0.25, 0.3) is 0 Å². The van der Waals surface area contributed by atoms with Gasteiger partial charge in [-0.25, -0.2) is 0 Å². The largest absolute Gasteiger partial charge is 0.104 e. The fourth-order valence-corrected chi connectivity index (χ4v) is 1.48. The van der Waals surface area contributed by atoms with Crippen LogP contribution in [0.1, 0.15) is 19.8 Å². The average Bonchev–Trinajstić information content (AvgIpc) is 1.67. The second-order valence-electron chi connectivity index (χ2n) is 2.56. The molecule has 0 amide bonds. The summed E-state index contributed by atoms with van der Waals surface area (Å²) >= 11 is 0. The van der Waals surface area contributed by atoms with Crippen LogP contribution in [-0.2, 0) is 0 Å². The second kappa shape index (κ2) is 3.90. The molecule has 0 saturated heterocycles. The Hall–Kier alpha value is -0.0431. The zero-order valence-electron chi connectivity index (χ0n) is 6.20. The Balaban J connectivity index is 3.33. The summed E-state index contributed by atoms with van der Waals surface area (Å²) in [5.41, 5.74) is 0. The van der Waals surface area contributed by atoms with E-state index in [9.17, 15) is 0 Å². The highest BCUT2D eigenvalue weighted by molar-refractivity contribution is 6.63. The standard InChI is InChI=1S/C7H16Si/c1-5-6-7(2)8(3)4/h8H,2,5-6H2,1,3-4H3. The van der Waals surface area contributed by atoms with Gasteiger partial charge in [0.15, 0.2) is 0 Å². The van der Waals surface area contributed by atoms with Crippen LogP contribution in [0.15, 0.2) is 11.8 Å². The van der Waals surface area contributed by atoms with Crippen molar-refractivity contribution in [3.05, 3.63) is 11.8 Å². The predicted octanol–water partition coefficient (Wildman–Crippen LogP) is 2.37. The summed E-state index contributed by atoms with van der Waals surface area (Å²) in [5.74, 6) is 0. The fourth-order valence-electron chi connectivity index (χ4n) is 0.610. The van der Waals surface area contributed by atoms with E-state index in [1.54, 1.807) is 0 Å². The van der Waals surface area contributed by atoms with Crippen molar-refractivity contribution in [2.75, 3.05) is 0 Å². The quantitative estimate of drug-likeness (QED) is 0.512. The Morgan fingerprint density at radius 3 is 2.12 bits per heavy atom. The van der Waals surface area contributed by atoms with Crippen LogP contribution in [0.3, 0.4) is 0 Å². The van der Waals surface area contributed by atoms with E-state index in [-0.39, 0.29) is 0 Å². The lowest BCUT2D eigenvalue weighted by molar-refractivity contribution is 0.942. The smallest absolute Gasteiger partial charge is 0.0587 e. The summed E-state index contributed by atoms with van der Waals surface area (Å²) in [5, 5.41) is 1.52. The zero-order valence-corrected chi connectivity index (χ0v) is 7.35. The van der Waals surface area contributed by atoms with Crippen molar-refractivity contribution in [2.24, 2.45) is 0 Å². The van der Waals surface area contributed by atoms with Crippen LogP contribution in [-0.4, -0.2) is 8.80 Å². The number of allylic oxidation sites excluding steroid dienone is 1. The van der Waals surface area contributed by atoms with Crippen molar-refractivity contribution in [1.82, 2.24) is 0 Å². The Morgan fingerprint density at radius 2 is 2.00 bits per heavy atom. The van der Waals surface area contributed by atoms with Gasteiger partial charge in [0, 0.05) is 0 Å². The molecule has 0 rings (SSSR count). The molecule has 0 radical (unpaired) electrons. The summed E-state index contributed by atoms with van der Waals surface area (Å²) in [4.78, 5) is 0. The number of hydrogen-bond acceptors (Lipinski definition) is 0. The van der Waals surface area contributed by atoms with E-state index >= 15 is 0 Å². The molecule has 0 heterocycles. The molecular formula is C7H16Si. The van der Waals surface area contributed by atoms with Gasteiger partial charge in [-0.3, -0.25) is 0 Å². The van der Waals surface area contributed by atoms with Gasteiger partial charge in [0.2, 0.25) is 0 Å². The van der Waals surface area contributed by atoms with E-state index in [1.165, 1.54) is 18.0 Å². The van der Waals surface area contributed by atoms with Crippen molar-refractivity contribution in [3.63, 3.8) is 0 Å². The van der Waals surface area contributed by atoms with Crippen LogP contribution in [0.25, 0.3) is 0 Å². The molecule has 0 aromatic rings. The van der Waals surface area contributed by atoms with Crippen LogP contribution in [0.2, 0.25) is 13.1 Å². The van der Waals surface area contributed by atoms with Gasteiger partial charge in [-0.15, -0.1) is 6.58 Å². The third-order valence-electron chi connectivity index (χ3n) is 1.39. The van der Waals surface area contributed by atoms with Gasteiger partial charge in [0.05, 0.1) is 8.80 Å². The Kier molecular flexibility index (Phi) is 3.88. The molecule has 0 bridgehead atoms. The van der Waals surface area contributed by atoms with Crippen molar-refractivity contribution < 1.29 is 0 Å². The first kappa shape index (κ1) is 7.96. The summed E-state index contributed by atoms with van der Waals surface area (Å²) in [6.45, 7) is 10.9.